The molecule has 1 N–H and O–H groups in total. The second-order valence-electron chi connectivity index (χ2n) is 8.36. The fraction of sp³-hybridized carbons (Fsp3) is 0.269. The van der Waals surface area contributed by atoms with Gasteiger partial charge in [-0.05, 0) is 61.2 Å². The highest BCUT2D eigenvalue weighted by Gasteiger charge is 2.36. The summed E-state index contributed by atoms with van der Waals surface area (Å²) < 4.78 is 40.7. The minimum absolute atomic E-state index is 0.0420. The predicted molar refractivity (Wildman–Crippen MR) is 122 cm³/mol. The first-order chi connectivity index (χ1) is 15.1. The van der Waals surface area contributed by atoms with Crippen molar-refractivity contribution in [1.82, 2.24) is 0 Å². The molecule has 4 rings (SSSR count). The van der Waals surface area contributed by atoms with Gasteiger partial charge in [0.25, 0.3) is 0 Å². The second-order valence-corrected chi connectivity index (χ2v) is 8.36. The van der Waals surface area contributed by atoms with Crippen molar-refractivity contribution < 1.29 is 18.0 Å². The van der Waals surface area contributed by atoms with Crippen molar-refractivity contribution in [2.75, 3.05) is 10.2 Å². The van der Waals surface area contributed by atoms with Gasteiger partial charge in [-0.3, -0.25) is 4.79 Å². The van der Waals surface area contributed by atoms with Gasteiger partial charge in [0.15, 0.2) is 0 Å². The van der Waals surface area contributed by atoms with Gasteiger partial charge in [0.1, 0.15) is 0 Å². The maximum Gasteiger partial charge on any atom is 0.418 e. The molecule has 1 heterocycles. The molecule has 166 valence electrons. The number of rotatable bonds is 3. The van der Waals surface area contributed by atoms with Gasteiger partial charge in [0.05, 0.1) is 11.6 Å². The Kier molecular flexibility index (Phi) is 5.71. The van der Waals surface area contributed by atoms with Crippen LogP contribution in [0.2, 0.25) is 0 Å². The molecule has 1 aliphatic heterocycles. The molecule has 0 bridgehead atoms. The fourth-order valence-corrected chi connectivity index (χ4v) is 4.53. The molecule has 1 aliphatic rings. The van der Waals surface area contributed by atoms with Gasteiger partial charge in [-0.1, -0.05) is 48.0 Å². The first-order valence-electron chi connectivity index (χ1n) is 10.6. The lowest BCUT2D eigenvalue weighted by Gasteiger charge is -2.40. The van der Waals surface area contributed by atoms with E-state index in [0.717, 1.165) is 34.0 Å². The zero-order valence-corrected chi connectivity index (χ0v) is 18.2. The molecule has 3 nitrogen and oxygen atoms in total. The molecule has 6 heteroatoms. The number of carbonyl (C=O) groups is 1. The quantitative estimate of drug-likeness (QED) is 0.478. The number of hydrogen-bond acceptors (Lipinski definition) is 2. The van der Waals surface area contributed by atoms with Crippen LogP contribution in [0.3, 0.4) is 0 Å². The number of carbonyl (C=O) groups excluding carboxylic acids is 1. The van der Waals surface area contributed by atoms with Crippen molar-refractivity contribution in [3.8, 4) is 11.1 Å². The molecule has 0 saturated heterocycles. The average Bonchev–Trinajstić information content (AvgIpc) is 2.73. The number of aryl methyl sites for hydroxylation is 1. The molecule has 0 aromatic heterocycles. The Bertz CT molecular complexity index is 1160. The molecule has 0 spiro atoms. The van der Waals surface area contributed by atoms with E-state index in [2.05, 4.69) is 11.4 Å². The summed E-state index contributed by atoms with van der Waals surface area (Å²) in [6.07, 6.45) is -3.96. The summed E-state index contributed by atoms with van der Waals surface area (Å²) in [6.45, 7) is 5.45. The monoisotopic (exact) mass is 438 g/mol. The number of halogens is 3. The van der Waals surface area contributed by atoms with Gasteiger partial charge >= 0.3 is 6.18 Å². The molecule has 3 aromatic rings. The van der Waals surface area contributed by atoms with Gasteiger partial charge < -0.3 is 10.2 Å². The van der Waals surface area contributed by atoms with Crippen LogP contribution < -0.4 is 10.2 Å². The van der Waals surface area contributed by atoms with E-state index in [1.807, 2.05) is 50.2 Å². The van der Waals surface area contributed by atoms with E-state index >= 15 is 0 Å². The first-order valence-corrected chi connectivity index (χ1v) is 10.6. The van der Waals surface area contributed by atoms with E-state index in [-0.39, 0.29) is 23.7 Å². The number of nitrogens with one attached hydrogen (secondary N) is 1. The summed E-state index contributed by atoms with van der Waals surface area (Å²) in [4.78, 5) is 14.1. The Labute approximate surface area is 185 Å². The summed E-state index contributed by atoms with van der Waals surface area (Å²) in [7, 11) is 0. The second kappa shape index (κ2) is 8.34. The minimum atomic E-state index is -4.46. The predicted octanol–water partition coefficient (Wildman–Crippen LogP) is 6.98. The number of nitrogens with zero attached hydrogens (tertiary/aromatic N) is 1. The number of anilines is 2. The summed E-state index contributed by atoms with van der Waals surface area (Å²) in [5.41, 5.74) is 3.99. The third-order valence-corrected chi connectivity index (χ3v) is 5.93. The molecule has 1 amide bonds. The van der Waals surface area contributed by atoms with Gasteiger partial charge in [-0.2, -0.15) is 13.2 Å². The maximum atomic E-state index is 13.6. The maximum absolute atomic E-state index is 13.6. The number of hydrogen-bond donors (Lipinski definition) is 1. The Balaban J connectivity index is 1.81. The van der Waals surface area contributed by atoms with Crippen molar-refractivity contribution in [3.05, 3.63) is 83.4 Å². The van der Waals surface area contributed by atoms with Crippen molar-refractivity contribution >= 4 is 17.3 Å². The highest BCUT2D eigenvalue weighted by Crippen LogP contribution is 2.43. The van der Waals surface area contributed by atoms with Gasteiger partial charge in [-0.15, -0.1) is 0 Å². The van der Waals surface area contributed by atoms with E-state index in [0.29, 0.717) is 6.42 Å². The lowest BCUT2D eigenvalue weighted by molar-refractivity contribution is -0.137. The summed E-state index contributed by atoms with van der Waals surface area (Å²) in [5.74, 6) is -0.0869. The molecule has 0 aliphatic carbocycles. The van der Waals surface area contributed by atoms with Gasteiger partial charge in [0.2, 0.25) is 5.91 Å². The zero-order chi connectivity index (χ0) is 23.0. The first kappa shape index (κ1) is 21.9. The van der Waals surface area contributed by atoms with Crippen molar-refractivity contribution in [2.24, 2.45) is 0 Å². The van der Waals surface area contributed by atoms with Gasteiger partial charge in [0, 0.05) is 24.3 Å². The summed E-state index contributed by atoms with van der Waals surface area (Å²) >= 11 is 0. The normalized spacial score (nSPS) is 18.2. The largest absolute Gasteiger partial charge is 0.418 e. The number of fused-ring (bicyclic) bond motifs is 1. The van der Waals surface area contributed by atoms with Crippen LogP contribution >= 0.6 is 0 Å². The van der Waals surface area contributed by atoms with E-state index in [9.17, 15) is 18.0 Å². The van der Waals surface area contributed by atoms with Crippen molar-refractivity contribution in [1.29, 1.82) is 0 Å². The number of benzene rings is 3. The van der Waals surface area contributed by atoms with Crippen LogP contribution in [0, 0.1) is 6.92 Å². The molecule has 2 atom stereocenters. The Morgan fingerprint density at radius 1 is 1.00 bits per heavy atom. The van der Waals surface area contributed by atoms with E-state index in [4.69, 9.17) is 0 Å². The summed E-state index contributed by atoms with van der Waals surface area (Å²) in [6, 6.07) is 18.9. The van der Waals surface area contributed by atoms with Gasteiger partial charge in [-0.25, -0.2) is 0 Å². The van der Waals surface area contributed by atoms with E-state index in [1.54, 1.807) is 11.0 Å². The van der Waals surface area contributed by atoms with Crippen molar-refractivity contribution in [2.45, 2.75) is 45.5 Å². The standard InChI is InChI=1S/C26H25F3N2O/c1-16-7-6-8-19(13-16)20-11-12-25-21(15-20)24(14-17(2)31(25)18(3)32)30-23-10-5-4-9-22(23)26(27,28)29/h4-13,15,17,24,30H,14H2,1-3H3/t17-,24+/m0/s1. The molecule has 0 radical (unpaired) electrons. The van der Waals surface area contributed by atoms with Crippen molar-refractivity contribution in [3.63, 3.8) is 0 Å². The minimum Gasteiger partial charge on any atom is -0.378 e. The highest BCUT2D eigenvalue weighted by atomic mass is 19.4. The van der Waals surface area contributed by atoms with Crippen LogP contribution in [0.5, 0.6) is 0 Å². The van der Waals surface area contributed by atoms with Crippen LogP contribution in [0.25, 0.3) is 11.1 Å². The molecule has 0 unspecified atom stereocenters. The Hall–Kier alpha value is -3.28. The number of amides is 1. The fourth-order valence-electron chi connectivity index (χ4n) is 4.53. The third kappa shape index (κ3) is 4.22. The van der Waals surface area contributed by atoms with Crippen LogP contribution in [0.1, 0.15) is 43.0 Å². The Morgan fingerprint density at radius 3 is 2.41 bits per heavy atom. The molecule has 0 fully saturated rings. The third-order valence-electron chi connectivity index (χ3n) is 5.93. The summed E-state index contributed by atoms with van der Waals surface area (Å²) in [5, 5.41) is 3.13. The highest BCUT2D eigenvalue weighted by molar-refractivity contribution is 5.94. The SMILES string of the molecule is CC(=O)N1c2ccc(-c3cccc(C)c3)cc2[C@H](Nc2ccccc2C(F)(F)F)C[C@@H]1C. The average molecular weight is 438 g/mol. The van der Waals surface area contributed by atoms with Crippen LogP contribution in [-0.4, -0.2) is 11.9 Å². The lowest BCUT2D eigenvalue weighted by Crippen LogP contribution is -2.43. The molecule has 3 aromatic carbocycles. The number of alkyl halides is 3. The Morgan fingerprint density at radius 2 is 1.72 bits per heavy atom. The molecular weight excluding hydrogens is 413 g/mol. The smallest absolute Gasteiger partial charge is 0.378 e. The van der Waals surface area contributed by atoms with Crippen LogP contribution in [0.15, 0.2) is 66.7 Å². The molecule has 32 heavy (non-hydrogen) atoms. The topological polar surface area (TPSA) is 32.3 Å². The molecular formula is C26H25F3N2O. The van der Waals surface area contributed by atoms with Crippen LogP contribution in [-0.2, 0) is 11.0 Å². The van der Waals surface area contributed by atoms with E-state index in [1.165, 1.54) is 19.1 Å². The number of para-hydroxylation sites is 1. The van der Waals surface area contributed by atoms with E-state index < -0.39 is 11.7 Å². The zero-order valence-electron chi connectivity index (χ0n) is 18.2. The lowest BCUT2D eigenvalue weighted by atomic mass is 9.88. The molecule has 0 saturated carbocycles. The van der Waals surface area contributed by atoms with Crippen LogP contribution in [0.4, 0.5) is 24.5 Å².